The van der Waals surface area contributed by atoms with E-state index in [9.17, 15) is 22.8 Å². The van der Waals surface area contributed by atoms with Crippen LogP contribution in [0.25, 0.3) is 10.9 Å². The van der Waals surface area contributed by atoms with Crippen LogP contribution in [0.15, 0.2) is 81.2 Å². The normalized spacial score (nSPS) is 11.4. The number of aromatic nitrogens is 2. The largest absolute Gasteiger partial charge is 0.328 e. The van der Waals surface area contributed by atoms with E-state index in [4.69, 9.17) is 11.6 Å². The van der Waals surface area contributed by atoms with E-state index in [1.807, 2.05) is 0 Å². The Morgan fingerprint density at radius 1 is 1.00 bits per heavy atom. The molecule has 9 nitrogen and oxygen atoms in total. The fourth-order valence-corrected chi connectivity index (χ4v) is 4.81. The minimum atomic E-state index is -3.83. The number of amides is 1. The summed E-state index contributed by atoms with van der Waals surface area (Å²) < 4.78 is 29.0. The number of nitrogens with zero attached hydrogens (tertiary/aromatic N) is 1. The van der Waals surface area contributed by atoms with E-state index in [2.05, 4.69) is 15.0 Å². The number of anilines is 2. The highest BCUT2D eigenvalue weighted by molar-refractivity contribution is 7.92. The van der Waals surface area contributed by atoms with Crippen molar-refractivity contribution < 1.29 is 13.2 Å². The summed E-state index contributed by atoms with van der Waals surface area (Å²) in [6.07, 6.45) is -0.0154. The Morgan fingerprint density at radius 3 is 2.40 bits per heavy atom. The molecule has 0 aliphatic carbocycles. The number of carbonyl (C=O) groups excluding carboxylic acids is 1. The topological polar surface area (TPSA) is 130 Å². The van der Waals surface area contributed by atoms with Crippen molar-refractivity contribution in [3.63, 3.8) is 0 Å². The number of rotatable bonds is 7. The van der Waals surface area contributed by atoms with E-state index in [-0.39, 0.29) is 23.8 Å². The molecular formula is C24H21ClN4O5S. The van der Waals surface area contributed by atoms with Crippen LogP contribution in [-0.2, 0) is 21.4 Å². The molecule has 0 spiro atoms. The Labute approximate surface area is 205 Å². The Kier molecular flexibility index (Phi) is 6.77. The number of nitrogens with one attached hydrogen (secondary N) is 3. The fourth-order valence-electron chi connectivity index (χ4n) is 3.48. The number of aryl methyl sites for hydroxylation is 2. The van der Waals surface area contributed by atoms with Crippen LogP contribution in [0.1, 0.15) is 12.0 Å². The molecule has 4 aromatic rings. The van der Waals surface area contributed by atoms with Gasteiger partial charge < -0.3 is 5.32 Å². The number of sulfonamides is 1. The van der Waals surface area contributed by atoms with E-state index in [0.717, 1.165) is 5.56 Å². The maximum absolute atomic E-state index is 12.6. The maximum atomic E-state index is 12.6. The molecule has 0 fully saturated rings. The smallest absolute Gasteiger partial charge is 0.326 e. The second-order valence-electron chi connectivity index (χ2n) is 7.82. The van der Waals surface area contributed by atoms with Crippen LogP contribution in [0, 0.1) is 6.92 Å². The van der Waals surface area contributed by atoms with E-state index >= 15 is 0 Å². The van der Waals surface area contributed by atoms with Crippen LogP contribution < -0.4 is 21.3 Å². The monoisotopic (exact) mass is 512 g/mol. The summed E-state index contributed by atoms with van der Waals surface area (Å²) in [5.74, 6) is -0.352. The Balaban J connectivity index is 1.41. The van der Waals surface area contributed by atoms with Crippen LogP contribution in [0.4, 0.5) is 11.4 Å². The van der Waals surface area contributed by atoms with E-state index < -0.39 is 21.3 Å². The zero-order chi connectivity index (χ0) is 25.2. The average molecular weight is 513 g/mol. The van der Waals surface area contributed by atoms with Gasteiger partial charge in [0.05, 0.1) is 15.8 Å². The van der Waals surface area contributed by atoms with E-state index in [1.54, 1.807) is 49.4 Å². The number of H-pyrrole nitrogens is 1. The number of para-hydroxylation sites is 1. The first-order valence-corrected chi connectivity index (χ1v) is 12.4. The third kappa shape index (κ3) is 5.44. The summed E-state index contributed by atoms with van der Waals surface area (Å²) in [6.45, 7) is 1.85. The third-order valence-corrected chi connectivity index (χ3v) is 7.13. The lowest BCUT2D eigenvalue weighted by Gasteiger charge is -2.11. The molecule has 4 rings (SSSR count). The molecule has 0 saturated heterocycles. The van der Waals surface area contributed by atoms with Gasteiger partial charge in [0.1, 0.15) is 0 Å². The molecule has 3 aromatic carbocycles. The highest BCUT2D eigenvalue weighted by Gasteiger charge is 2.15. The molecule has 180 valence electrons. The standard InChI is InChI=1S/C24H21ClN4O5S/c1-15-6-11-18(14-20(15)25)35(33,34)28-17-9-7-16(8-10-17)26-22(30)12-13-29-21-5-3-2-4-19(21)23(31)27-24(29)32/h2-11,14,28H,12-13H2,1H3,(H,26,30)(H,27,31,32). The Bertz CT molecular complexity index is 1640. The number of fused-ring (bicyclic) bond motifs is 1. The summed E-state index contributed by atoms with van der Waals surface area (Å²) in [5, 5.41) is 3.42. The van der Waals surface area contributed by atoms with Gasteiger partial charge in [-0.1, -0.05) is 29.8 Å². The lowest BCUT2D eigenvalue weighted by molar-refractivity contribution is -0.116. The van der Waals surface area contributed by atoms with Crippen molar-refractivity contribution in [2.75, 3.05) is 10.0 Å². The molecule has 0 aliphatic rings. The van der Waals surface area contributed by atoms with Crippen LogP contribution in [0.3, 0.4) is 0 Å². The number of halogens is 1. The van der Waals surface area contributed by atoms with Gasteiger partial charge in [0.25, 0.3) is 15.6 Å². The predicted molar refractivity (Wildman–Crippen MR) is 136 cm³/mol. The zero-order valence-corrected chi connectivity index (χ0v) is 20.1. The van der Waals surface area contributed by atoms with Gasteiger partial charge in [0.2, 0.25) is 5.91 Å². The first-order chi connectivity index (χ1) is 16.6. The summed E-state index contributed by atoms with van der Waals surface area (Å²) in [7, 11) is -3.83. The molecular weight excluding hydrogens is 492 g/mol. The van der Waals surface area contributed by atoms with Crippen molar-refractivity contribution in [3.05, 3.63) is 98.2 Å². The molecule has 0 saturated carbocycles. The minimum Gasteiger partial charge on any atom is -0.326 e. The van der Waals surface area contributed by atoms with Gasteiger partial charge in [-0.25, -0.2) is 13.2 Å². The molecule has 0 aliphatic heterocycles. The Morgan fingerprint density at radius 2 is 1.69 bits per heavy atom. The lowest BCUT2D eigenvalue weighted by atomic mass is 10.2. The molecule has 11 heteroatoms. The second kappa shape index (κ2) is 9.77. The van der Waals surface area contributed by atoms with Crippen LogP contribution in [0.5, 0.6) is 0 Å². The molecule has 0 bridgehead atoms. The van der Waals surface area contributed by atoms with Gasteiger partial charge in [-0.15, -0.1) is 0 Å². The number of hydrogen-bond acceptors (Lipinski definition) is 5. The molecule has 1 heterocycles. The summed E-state index contributed by atoms with van der Waals surface area (Å²) >= 11 is 6.03. The molecule has 0 atom stereocenters. The average Bonchev–Trinajstić information content (AvgIpc) is 2.81. The lowest BCUT2D eigenvalue weighted by Crippen LogP contribution is -2.31. The fraction of sp³-hybridized carbons (Fsp3) is 0.125. The van der Waals surface area contributed by atoms with Crippen molar-refractivity contribution >= 4 is 49.8 Å². The molecule has 0 unspecified atom stereocenters. The predicted octanol–water partition coefficient (Wildman–Crippen LogP) is 3.48. The molecule has 1 aromatic heterocycles. The summed E-state index contributed by atoms with van der Waals surface area (Å²) in [4.78, 5) is 38.9. The van der Waals surface area contributed by atoms with Crippen LogP contribution >= 0.6 is 11.6 Å². The first-order valence-electron chi connectivity index (χ1n) is 10.5. The number of aromatic amines is 1. The van der Waals surface area contributed by atoms with Gasteiger partial charge in [-0.05, 0) is 61.0 Å². The molecule has 35 heavy (non-hydrogen) atoms. The van der Waals surface area contributed by atoms with Gasteiger partial charge in [0, 0.05) is 29.4 Å². The van der Waals surface area contributed by atoms with Crippen molar-refractivity contribution in [3.8, 4) is 0 Å². The molecule has 3 N–H and O–H groups in total. The van der Waals surface area contributed by atoms with Gasteiger partial charge in [-0.3, -0.25) is 23.9 Å². The Hall–Kier alpha value is -3.89. The van der Waals surface area contributed by atoms with Crippen LogP contribution in [0.2, 0.25) is 5.02 Å². The second-order valence-corrected chi connectivity index (χ2v) is 9.91. The SMILES string of the molecule is Cc1ccc(S(=O)(=O)Nc2ccc(NC(=O)CCn3c(=O)[nH]c(=O)c4ccccc43)cc2)cc1Cl. The van der Waals surface area contributed by atoms with Gasteiger partial charge in [-0.2, -0.15) is 0 Å². The zero-order valence-electron chi connectivity index (χ0n) is 18.5. The van der Waals surface area contributed by atoms with E-state index in [0.29, 0.717) is 27.3 Å². The maximum Gasteiger partial charge on any atom is 0.328 e. The highest BCUT2D eigenvalue weighted by Crippen LogP contribution is 2.23. The number of carbonyl (C=O) groups is 1. The molecule has 1 amide bonds. The van der Waals surface area contributed by atoms with Gasteiger partial charge >= 0.3 is 5.69 Å². The van der Waals surface area contributed by atoms with E-state index in [1.165, 1.54) is 28.8 Å². The summed E-state index contributed by atoms with van der Waals surface area (Å²) in [5.41, 5.74) is 0.909. The number of hydrogen-bond donors (Lipinski definition) is 3. The third-order valence-electron chi connectivity index (χ3n) is 5.34. The van der Waals surface area contributed by atoms with Crippen molar-refractivity contribution in [1.82, 2.24) is 9.55 Å². The molecule has 0 radical (unpaired) electrons. The minimum absolute atomic E-state index is 0.0154. The first kappa shape index (κ1) is 24.2. The quantitative estimate of drug-likeness (QED) is 0.349. The van der Waals surface area contributed by atoms with Crippen LogP contribution in [-0.4, -0.2) is 23.9 Å². The highest BCUT2D eigenvalue weighted by atomic mass is 35.5. The summed E-state index contributed by atoms with van der Waals surface area (Å²) in [6, 6.07) is 17.3. The van der Waals surface area contributed by atoms with Gasteiger partial charge in [0.15, 0.2) is 0 Å². The number of benzene rings is 3. The van der Waals surface area contributed by atoms with Crippen molar-refractivity contribution in [2.24, 2.45) is 0 Å². The van der Waals surface area contributed by atoms with Crippen molar-refractivity contribution in [2.45, 2.75) is 24.8 Å². The van der Waals surface area contributed by atoms with Crippen molar-refractivity contribution in [1.29, 1.82) is 0 Å².